The molecule has 0 unspecified atom stereocenters. The Bertz CT molecular complexity index is 4450. The number of para-hydroxylation sites is 4. The minimum absolute atomic E-state index is 0. The summed E-state index contributed by atoms with van der Waals surface area (Å²) in [4.78, 5) is 5.35. The number of imidazole rings is 1. The zero-order valence-electron chi connectivity index (χ0n) is 44.4. The Morgan fingerprint density at radius 2 is 1.26 bits per heavy atom. The van der Waals surface area contributed by atoms with Gasteiger partial charge in [-0.1, -0.05) is 174 Å². The summed E-state index contributed by atoms with van der Waals surface area (Å²) in [6.07, 6.45) is 2.10. The minimum atomic E-state index is -0.441. The van der Waals surface area contributed by atoms with Crippen LogP contribution in [0.4, 0.5) is 0 Å². The Kier molecular flexibility index (Phi) is 8.90. The van der Waals surface area contributed by atoms with Crippen LogP contribution in [0.25, 0.3) is 105 Å². The molecule has 0 amide bonds. The van der Waals surface area contributed by atoms with Crippen LogP contribution in [0.2, 0.25) is 0 Å². The number of rotatable bonds is 1. The number of fused-ring (bicyclic) bond motifs is 23. The molecule has 6 heteroatoms. The van der Waals surface area contributed by atoms with Gasteiger partial charge in [-0.2, -0.15) is 24.2 Å². The van der Waals surface area contributed by atoms with E-state index in [2.05, 4.69) is 172 Å². The summed E-state index contributed by atoms with van der Waals surface area (Å²) < 4.78 is 67.7. The summed E-state index contributed by atoms with van der Waals surface area (Å²) >= 11 is 0. The Morgan fingerprint density at radius 1 is 0.559 bits per heavy atom. The SMILES string of the molecule is [2H]c1c([2H])c([2H])c2c(c1[2H])c1c([2H])c([2H])c3[c-]c1n2c1cc(C(C)(C)C)cc(n1)c1cccc(c1)c1ccccc1c1cccc(-c2cccc(C(C)(C)C)c2)c1n1[cH-]n(c2[c-]c(ccc2)o3)-c2ccccc2-1.[Pt]. The maximum Gasteiger partial charge on any atom is 0.136 e. The van der Waals surface area contributed by atoms with Crippen molar-refractivity contribution in [3.05, 3.63) is 211 Å². The van der Waals surface area contributed by atoms with Crippen molar-refractivity contribution in [2.45, 2.75) is 52.4 Å². The van der Waals surface area contributed by atoms with E-state index in [0.29, 0.717) is 16.7 Å². The van der Waals surface area contributed by atoms with Crippen molar-refractivity contribution < 1.29 is 33.7 Å². The Labute approximate surface area is 418 Å². The smallest absolute Gasteiger partial charge is 0.136 e. The Hall–Kier alpha value is -7.33. The fourth-order valence-corrected chi connectivity index (χ4v) is 9.44. The third-order valence-corrected chi connectivity index (χ3v) is 12.9. The van der Waals surface area contributed by atoms with Crippen LogP contribution in [0, 0.1) is 12.1 Å². The molecule has 11 aromatic rings. The molecule has 1 aliphatic heterocycles. The van der Waals surface area contributed by atoms with Crippen molar-refractivity contribution in [2.75, 3.05) is 0 Å². The van der Waals surface area contributed by atoms with Crippen LogP contribution in [-0.2, 0) is 31.9 Å². The largest absolute Gasteiger partial charge is 0.510 e. The van der Waals surface area contributed by atoms with Gasteiger partial charge in [-0.15, -0.1) is 29.1 Å². The summed E-state index contributed by atoms with van der Waals surface area (Å²) in [6, 6.07) is 54.8. The van der Waals surface area contributed by atoms with Crippen molar-refractivity contribution >= 4 is 82.1 Å². The monoisotopic (exact) mass is 1070 g/mol. The maximum atomic E-state index is 9.55. The first-order valence-electron chi connectivity index (χ1n) is 25.6. The van der Waals surface area contributed by atoms with E-state index in [0.717, 1.165) is 60.5 Å². The second-order valence-corrected chi connectivity index (χ2v) is 19.3. The molecule has 4 heterocycles. The number of benzene rings is 8. The van der Waals surface area contributed by atoms with Crippen LogP contribution >= 0.6 is 0 Å². The Balaban J connectivity index is 0.00000588. The summed E-state index contributed by atoms with van der Waals surface area (Å²) in [5, 5.41) is 5.11. The number of aromatic nitrogens is 4. The van der Waals surface area contributed by atoms with Crippen molar-refractivity contribution in [3.63, 3.8) is 0 Å². The van der Waals surface area contributed by atoms with Gasteiger partial charge >= 0.3 is 0 Å². The molecule has 0 saturated heterocycles. The summed E-state index contributed by atoms with van der Waals surface area (Å²) in [5.41, 5.74) is 8.88. The number of nitrogens with zero attached hydrogens (tertiary/aromatic N) is 4. The number of pyridine rings is 1. The van der Waals surface area contributed by atoms with E-state index in [1.54, 1.807) is 10.5 Å². The van der Waals surface area contributed by atoms with Gasteiger partial charge in [-0.05, 0) is 103 Å². The normalized spacial score (nSPS) is 13.4. The van der Waals surface area contributed by atoms with Gasteiger partial charge in [-0.3, -0.25) is 0 Å². The molecule has 0 radical (unpaired) electrons. The molecule has 0 fully saturated rings. The molecule has 8 aromatic carbocycles. The van der Waals surface area contributed by atoms with Crippen LogP contribution in [0.3, 0.4) is 0 Å². The zero-order chi connectivity index (χ0) is 50.8. The van der Waals surface area contributed by atoms with Crippen molar-refractivity contribution in [2.24, 2.45) is 0 Å². The van der Waals surface area contributed by atoms with Crippen LogP contribution in [0.15, 0.2) is 193 Å². The number of hydrogen-bond donors (Lipinski definition) is 0. The van der Waals surface area contributed by atoms with Gasteiger partial charge in [0, 0.05) is 50.8 Å². The van der Waals surface area contributed by atoms with Crippen LogP contribution in [-0.4, -0.2) is 18.5 Å². The van der Waals surface area contributed by atoms with Crippen LogP contribution in [0.5, 0.6) is 0 Å². The molecule has 336 valence electrons. The maximum absolute atomic E-state index is 9.55. The summed E-state index contributed by atoms with van der Waals surface area (Å²) in [7, 11) is 0. The molecule has 0 saturated carbocycles. The summed E-state index contributed by atoms with van der Waals surface area (Å²) in [6.45, 7) is 13.1. The van der Waals surface area contributed by atoms with Gasteiger partial charge in [0.25, 0.3) is 0 Å². The van der Waals surface area contributed by atoms with Gasteiger partial charge in [0.1, 0.15) is 5.65 Å². The fraction of sp³-hybridized carbons (Fsp3) is 0.129. The van der Waals surface area contributed by atoms with Crippen LogP contribution < -0.4 is 0 Å². The average molecular weight is 1070 g/mol. The first kappa shape index (κ1) is 36.7. The second-order valence-electron chi connectivity index (χ2n) is 19.3. The fourth-order valence-electron chi connectivity index (χ4n) is 9.44. The predicted octanol–water partition coefficient (Wildman–Crippen LogP) is 16.4. The third kappa shape index (κ3) is 7.37. The van der Waals surface area contributed by atoms with Gasteiger partial charge in [0.15, 0.2) is 0 Å². The molecule has 0 aliphatic carbocycles. The quantitative estimate of drug-likeness (QED) is 0.154. The molecular weight excluding hydrogens is 1010 g/mol. The minimum Gasteiger partial charge on any atom is -0.510 e. The molecule has 0 atom stereocenters. The molecular formula is C62H49N4OPt-3. The molecule has 5 nitrogen and oxygen atoms in total. The van der Waals surface area contributed by atoms with Gasteiger partial charge < -0.3 is 18.0 Å². The Morgan fingerprint density at radius 3 is 2.09 bits per heavy atom. The van der Waals surface area contributed by atoms with E-state index in [1.807, 2.05) is 36.4 Å². The van der Waals surface area contributed by atoms with Gasteiger partial charge in [-0.25, -0.2) is 4.98 Å². The standard InChI is InChI=1S/C62H49N4O.Pt/c1-61(2,3)43-20-14-18-41(34-43)49-26-16-27-53-50-24-8-7-23-48(50)40-17-13-19-42(33-40)54-35-44(62(4,5)6)36-59(63-54)66-55-28-10-9-25-51(55)52-32-31-47(38-58(52)66)67-46-22-15-21-45(37-46)64-39-65(60(49)53)57-30-12-11-29-56(57)64;/h7-36,39H,1-6H3;/q-3;/i9D,10D,25D,28D,31D,32D;. The molecule has 1 aliphatic rings. The summed E-state index contributed by atoms with van der Waals surface area (Å²) in [5.74, 6) is 0. The third-order valence-electron chi connectivity index (χ3n) is 12.9. The van der Waals surface area contributed by atoms with E-state index in [9.17, 15) is 5.48 Å². The van der Waals surface area contributed by atoms with E-state index in [1.165, 1.54) is 5.56 Å². The van der Waals surface area contributed by atoms with Crippen molar-refractivity contribution in [1.82, 2.24) is 18.5 Å². The van der Waals surface area contributed by atoms with E-state index >= 15 is 0 Å². The molecule has 0 spiro atoms. The number of hydrogen-bond acceptors (Lipinski definition) is 2. The van der Waals surface area contributed by atoms with Crippen molar-refractivity contribution in [1.29, 1.82) is 0 Å². The topological polar surface area (TPSA) is 40.3 Å². The first-order valence-corrected chi connectivity index (χ1v) is 22.6. The zero-order valence-corrected chi connectivity index (χ0v) is 40.7. The van der Waals surface area contributed by atoms with E-state index in [4.69, 9.17) is 12.1 Å². The second kappa shape index (κ2) is 16.5. The molecule has 10 bridgehead atoms. The predicted molar refractivity (Wildman–Crippen MR) is 280 cm³/mol. The average Bonchev–Trinajstić information content (AvgIpc) is 3.95. The van der Waals surface area contributed by atoms with E-state index in [-0.39, 0.29) is 83.6 Å². The molecule has 12 rings (SSSR count). The van der Waals surface area contributed by atoms with Gasteiger partial charge in [0.2, 0.25) is 0 Å². The molecule has 68 heavy (non-hydrogen) atoms. The molecule has 0 N–H and O–H groups in total. The van der Waals surface area contributed by atoms with Crippen LogP contribution in [0.1, 0.15) is 60.9 Å². The molecule has 3 aromatic heterocycles. The van der Waals surface area contributed by atoms with Crippen molar-refractivity contribution in [3.8, 4) is 22.5 Å². The van der Waals surface area contributed by atoms with Gasteiger partial charge in [0.05, 0.1) is 11.0 Å². The van der Waals surface area contributed by atoms with E-state index < -0.39 is 17.5 Å². The first-order chi connectivity index (χ1) is 35.0.